The summed E-state index contributed by atoms with van der Waals surface area (Å²) in [4.78, 5) is 0. The van der Waals surface area contributed by atoms with Crippen molar-refractivity contribution in [3.63, 3.8) is 0 Å². The summed E-state index contributed by atoms with van der Waals surface area (Å²) >= 11 is 0. The summed E-state index contributed by atoms with van der Waals surface area (Å²) in [6, 6.07) is 5.49. The maximum Gasteiger partial charge on any atom is 0.324 e. The molecule has 0 aliphatic carbocycles. The Morgan fingerprint density at radius 2 is 1.00 bits per heavy atom. The third-order valence-corrected chi connectivity index (χ3v) is 25.8. The van der Waals surface area contributed by atoms with Crippen molar-refractivity contribution in [2.45, 2.75) is 120 Å². The normalized spacial score (nSPS) is 35.7. The minimum atomic E-state index is -2.23. The molecule has 0 aromatic rings. The van der Waals surface area contributed by atoms with E-state index in [1.165, 1.54) is 12.5 Å². The van der Waals surface area contributed by atoms with E-state index in [0.29, 0.717) is 25.4 Å². The first-order valence-corrected chi connectivity index (χ1v) is 28.6. The number of hydrogen-bond acceptors (Lipinski definition) is 10. The van der Waals surface area contributed by atoms with Crippen LogP contribution in [0.3, 0.4) is 0 Å². The average molecular weight is 709 g/mol. The molecule has 0 amide bonds. The molecule has 0 N–H and O–H groups in total. The first kappa shape index (κ1) is 38.3. The highest BCUT2D eigenvalue weighted by Gasteiger charge is 2.43. The summed E-state index contributed by atoms with van der Waals surface area (Å²) < 4.78 is 60.9. The number of ether oxygens (including phenoxy) is 6. The Labute approximate surface area is 277 Å². The fourth-order valence-corrected chi connectivity index (χ4v) is 24.4. The summed E-state index contributed by atoms with van der Waals surface area (Å²) in [6.45, 7) is 17.8. The predicted octanol–water partition coefficient (Wildman–Crippen LogP) is 5.90. The number of rotatable bonds is 22. The Bertz CT molecular complexity index is 763. The van der Waals surface area contributed by atoms with E-state index in [2.05, 4.69) is 26.2 Å². The molecule has 0 bridgehead atoms. The van der Waals surface area contributed by atoms with Crippen LogP contribution in [0.4, 0.5) is 0 Å². The van der Waals surface area contributed by atoms with Crippen LogP contribution >= 0.6 is 0 Å². The lowest BCUT2D eigenvalue weighted by Gasteiger charge is -2.40. The molecule has 6 atom stereocenters. The van der Waals surface area contributed by atoms with Gasteiger partial charge < -0.3 is 45.5 Å². The van der Waals surface area contributed by atoms with Crippen LogP contribution in [-0.2, 0) is 45.5 Å². The summed E-state index contributed by atoms with van der Waals surface area (Å²) in [5.41, 5.74) is 0. The minimum Gasteiger partial charge on any atom is -0.436 e. The van der Waals surface area contributed by atoms with Crippen LogP contribution in [0.25, 0.3) is 0 Å². The first-order chi connectivity index (χ1) is 21.7. The first-order valence-electron chi connectivity index (χ1n) is 17.9. The molecule has 4 heterocycles. The van der Waals surface area contributed by atoms with Gasteiger partial charge in [0, 0.05) is 46.2 Å². The third-order valence-electron chi connectivity index (χ3n) is 9.17. The molecule has 264 valence electrons. The van der Waals surface area contributed by atoms with E-state index in [1.54, 1.807) is 0 Å². The van der Waals surface area contributed by atoms with Crippen LogP contribution in [0.5, 0.6) is 0 Å². The second kappa shape index (κ2) is 19.6. The third kappa shape index (κ3) is 16.2. The molecule has 0 radical (unpaired) electrons. The zero-order chi connectivity index (χ0) is 31.9. The van der Waals surface area contributed by atoms with Gasteiger partial charge in [-0.15, -0.1) is 0 Å². The molecule has 4 fully saturated rings. The molecule has 10 nitrogen and oxygen atoms in total. The molecule has 0 spiro atoms. The summed E-state index contributed by atoms with van der Waals surface area (Å²) in [6.07, 6.45) is 9.96. The van der Waals surface area contributed by atoms with Gasteiger partial charge in [0.1, 0.15) is 12.2 Å². The van der Waals surface area contributed by atoms with Crippen molar-refractivity contribution in [2.24, 2.45) is 0 Å². The summed E-state index contributed by atoms with van der Waals surface area (Å²) in [7, 11) is -8.24. The number of epoxide rings is 2. The highest BCUT2D eigenvalue weighted by atomic mass is 28.4. The van der Waals surface area contributed by atoms with Gasteiger partial charge in [-0.25, -0.2) is 0 Å². The second-order valence-corrected chi connectivity index (χ2v) is 29.7. The SMILES string of the molecule is C[Si]1(CCCOCC2CO2)CCCCO[Si](C)(CCCOCCCOC[Si]2(C)CCCCO[Si](C)(CCCOCC3CO3)O2)O1. The van der Waals surface area contributed by atoms with Crippen LogP contribution in [0.15, 0.2) is 0 Å². The number of hydrogen-bond donors (Lipinski definition) is 0. The molecular weight excluding hydrogens is 645 g/mol. The Morgan fingerprint density at radius 1 is 0.533 bits per heavy atom. The second-order valence-electron chi connectivity index (χ2n) is 14.4. The van der Waals surface area contributed by atoms with Gasteiger partial charge in [0.05, 0.1) is 32.7 Å². The van der Waals surface area contributed by atoms with Crippen molar-refractivity contribution in [2.75, 3.05) is 78.9 Å². The van der Waals surface area contributed by atoms with Crippen molar-refractivity contribution in [3.05, 3.63) is 0 Å². The van der Waals surface area contributed by atoms with Gasteiger partial charge in [0.25, 0.3) is 0 Å². The van der Waals surface area contributed by atoms with Gasteiger partial charge in [-0.1, -0.05) is 12.8 Å². The molecule has 0 saturated carbocycles. The van der Waals surface area contributed by atoms with E-state index in [-0.39, 0.29) is 0 Å². The smallest absolute Gasteiger partial charge is 0.324 e. The van der Waals surface area contributed by atoms with Crippen LogP contribution in [-0.4, -0.2) is 125 Å². The molecule has 6 unspecified atom stereocenters. The summed E-state index contributed by atoms with van der Waals surface area (Å²) in [5, 5.41) is 0. The average Bonchev–Trinajstić information content (AvgIpc) is 3.90. The maximum absolute atomic E-state index is 6.98. The molecule has 0 aromatic carbocycles. The van der Waals surface area contributed by atoms with Gasteiger partial charge >= 0.3 is 17.1 Å². The maximum atomic E-state index is 6.98. The zero-order valence-corrected chi connectivity index (χ0v) is 32.9. The predicted molar refractivity (Wildman–Crippen MR) is 184 cm³/mol. The van der Waals surface area contributed by atoms with Crippen molar-refractivity contribution in [3.8, 4) is 0 Å². The van der Waals surface area contributed by atoms with E-state index >= 15 is 0 Å². The van der Waals surface area contributed by atoms with Crippen molar-refractivity contribution in [1.29, 1.82) is 0 Å². The van der Waals surface area contributed by atoms with Gasteiger partial charge in [-0.3, -0.25) is 0 Å². The van der Waals surface area contributed by atoms with Gasteiger partial charge in [0.2, 0.25) is 8.32 Å². The quantitative estimate of drug-likeness (QED) is 0.0769. The molecule has 0 aromatic heterocycles. The van der Waals surface area contributed by atoms with E-state index in [0.717, 1.165) is 135 Å². The van der Waals surface area contributed by atoms with Crippen molar-refractivity contribution in [1.82, 2.24) is 0 Å². The van der Waals surface area contributed by atoms with Crippen LogP contribution < -0.4 is 0 Å². The lowest BCUT2D eigenvalue weighted by Crippen LogP contribution is -2.54. The Kier molecular flexibility index (Phi) is 16.7. The lowest BCUT2D eigenvalue weighted by molar-refractivity contribution is 0.0913. The minimum absolute atomic E-state index is 0.322. The van der Waals surface area contributed by atoms with Crippen LogP contribution in [0.2, 0.25) is 56.4 Å². The largest absolute Gasteiger partial charge is 0.436 e. The Balaban J connectivity index is 1.06. The molecule has 4 aliphatic heterocycles. The van der Waals surface area contributed by atoms with E-state index < -0.39 is 33.8 Å². The fourth-order valence-electron chi connectivity index (χ4n) is 6.46. The molecule has 14 heteroatoms. The highest BCUT2D eigenvalue weighted by Crippen LogP contribution is 2.32. The fraction of sp³-hybridized carbons (Fsp3) is 1.00. The Hall–Kier alpha value is 0.468. The van der Waals surface area contributed by atoms with E-state index in [1.807, 2.05) is 0 Å². The summed E-state index contributed by atoms with van der Waals surface area (Å²) in [5.74, 6) is 0. The molecule has 4 rings (SSSR count). The highest BCUT2D eigenvalue weighted by molar-refractivity contribution is 6.84. The monoisotopic (exact) mass is 708 g/mol. The molecular formula is C31H64O10Si4. The van der Waals surface area contributed by atoms with Gasteiger partial charge in [0.15, 0.2) is 8.32 Å². The van der Waals surface area contributed by atoms with Gasteiger partial charge in [-0.05, 0) is 94.9 Å². The van der Waals surface area contributed by atoms with E-state index in [4.69, 9.17) is 45.5 Å². The van der Waals surface area contributed by atoms with E-state index in [9.17, 15) is 0 Å². The zero-order valence-electron chi connectivity index (χ0n) is 28.9. The van der Waals surface area contributed by atoms with Gasteiger partial charge in [-0.2, -0.15) is 0 Å². The lowest BCUT2D eigenvalue weighted by atomic mass is 10.4. The van der Waals surface area contributed by atoms with Crippen LogP contribution in [0.1, 0.15) is 51.4 Å². The van der Waals surface area contributed by atoms with Crippen molar-refractivity contribution < 1.29 is 45.5 Å². The standard InChI is InChI=1S/C31H64O10Si4/c1-42(22-10-16-33-25-30-27-36-30)20-7-5-18-38-44(3,40-42)23-11-15-32-13-9-14-35-29-43(2)21-8-6-19-39-45(4,41-43)24-12-17-34-26-31-28-37-31/h30-31H,5-29H2,1-4H3. The Morgan fingerprint density at radius 3 is 1.58 bits per heavy atom. The molecule has 4 aliphatic rings. The van der Waals surface area contributed by atoms with Crippen LogP contribution in [0, 0.1) is 0 Å². The molecule has 45 heavy (non-hydrogen) atoms. The van der Waals surface area contributed by atoms with Crippen molar-refractivity contribution >= 4 is 33.8 Å². The molecule has 4 saturated heterocycles. The topological polar surface area (TPSA) is 98.9 Å².